The molecule has 208 valence electrons. The van der Waals surface area contributed by atoms with Crippen molar-refractivity contribution in [1.29, 1.82) is 0 Å². The van der Waals surface area contributed by atoms with Gasteiger partial charge in [0.1, 0.15) is 6.04 Å². The van der Waals surface area contributed by atoms with Crippen molar-refractivity contribution in [2.45, 2.75) is 21.9 Å². The van der Waals surface area contributed by atoms with Crippen LogP contribution in [0.1, 0.15) is 33.8 Å². The summed E-state index contributed by atoms with van der Waals surface area (Å²) in [4.78, 5) is 30.5. The second-order valence-corrected chi connectivity index (χ2v) is 11.0. The molecule has 0 radical (unpaired) electrons. The predicted octanol–water partition coefficient (Wildman–Crippen LogP) is 6.81. The molecule has 2 aromatic heterocycles. The number of aromatic nitrogens is 2. The number of nitrogens with one attached hydrogen (secondary N) is 1. The van der Waals surface area contributed by atoms with Gasteiger partial charge >= 0.3 is 5.97 Å². The lowest BCUT2D eigenvalue weighted by atomic mass is 10.0. The molecule has 5 aromatic rings. The molecule has 9 nitrogen and oxygen atoms in total. The molecule has 3 aromatic carbocycles. The first-order chi connectivity index (χ1) is 20.4. The molecule has 0 bridgehead atoms. The van der Waals surface area contributed by atoms with Gasteiger partial charge < -0.3 is 19.9 Å². The van der Waals surface area contributed by atoms with Crippen LogP contribution in [-0.4, -0.2) is 30.7 Å². The van der Waals surface area contributed by atoms with Crippen LogP contribution in [0.5, 0.6) is 0 Å². The summed E-state index contributed by atoms with van der Waals surface area (Å²) in [6.45, 7) is 0. The molecule has 1 fully saturated rings. The van der Waals surface area contributed by atoms with E-state index in [1.165, 1.54) is 23.9 Å². The highest BCUT2D eigenvalue weighted by Gasteiger charge is 2.42. The van der Waals surface area contributed by atoms with E-state index >= 15 is 0 Å². The molecule has 2 atom stereocenters. The number of carboxylic acid groups (broad SMARTS) is 1. The standard InChI is InChI=1S/C31H23N5O4S2/c37-30(38)20-6-8-21(9-7-20)34-19-3-5-27(34)29-28(26-4-1-2-18-32-26)33-31(41)35(29)22-10-14-24(15-11-22)42-25-16-12-23(13-17-25)36(39)40/h1-19,28-29H,(H,33,41)(H,37,38). The van der Waals surface area contributed by atoms with Crippen molar-refractivity contribution < 1.29 is 14.8 Å². The minimum Gasteiger partial charge on any atom is -0.478 e. The molecule has 42 heavy (non-hydrogen) atoms. The number of nitro benzene ring substituents is 1. The summed E-state index contributed by atoms with van der Waals surface area (Å²) >= 11 is 7.39. The first-order valence-electron chi connectivity index (χ1n) is 12.9. The Morgan fingerprint density at radius 3 is 2.19 bits per heavy atom. The molecule has 2 unspecified atom stereocenters. The van der Waals surface area contributed by atoms with E-state index in [2.05, 4.69) is 15.2 Å². The van der Waals surface area contributed by atoms with Gasteiger partial charge in [0.05, 0.1) is 22.2 Å². The lowest BCUT2D eigenvalue weighted by molar-refractivity contribution is -0.384. The Kier molecular flexibility index (Phi) is 7.43. The maximum Gasteiger partial charge on any atom is 0.335 e. The van der Waals surface area contributed by atoms with Crippen molar-refractivity contribution in [3.8, 4) is 5.69 Å². The van der Waals surface area contributed by atoms with E-state index in [1.807, 2.05) is 65.4 Å². The predicted molar refractivity (Wildman–Crippen MR) is 164 cm³/mol. The third-order valence-electron chi connectivity index (χ3n) is 6.97. The summed E-state index contributed by atoms with van der Waals surface area (Å²) in [7, 11) is 0. The second kappa shape index (κ2) is 11.5. The molecular weight excluding hydrogens is 571 g/mol. The van der Waals surface area contributed by atoms with Gasteiger partial charge in [0.25, 0.3) is 5.69 Å². The van der Waals surface area contributed by atoms with E-state index in [0.29, 0.717) is 5.11 Å². The van der Waals surface area contributed by atoms with Crippen molar-refractivity contribution >= 4 is 46.4 Å². The second-order valence-electron chi connectivity index (χ2n) is 9.50. The normalized spacial score (nSPS) is 16.3. The van der Waals surface area contributed by atoms with Gasteiger partial charge in [-0.05, 0) is 97.1 Å². The van der Waals surface area contributed by atoms with Crippen LogP contribution < -0.4 is 10.2 Å². The largest absolute Gasteiger partial charge is 0.478 e. The number of nitrogens with zero attached hydrogens (tertiary/aromatic N) is 4. The molecule has 3 heterocycles. The van der Waals surface area contributed by atoms with E-state index in [4.69, 9.17) is 12.2 Å². The molecule has 0 spiro atoms. The van der Waals surface area contributed by atoms with Crippen LogP contribution in [0, 0.1) is 10.1 Å². The van der Waals surface area contributed by atoms with Gasteiger partial charge in [-0.2, -0.15) is 0 Å². The highest BCUT2D eigenvalue weighted by Crippen LogP contribution is 2.43. The number of aromatic carboxylic acids is 1. The topological polar surface area (TPSA) is 114 Å². The SMILES string of the molecule is O=C(O)c1ccc(-n2cccc2C2C(c3ccccn3)NC(=S)N2c2ccc(Sc3ccc([N+](=O)[O-])cc3)cc2)cc1. The fourth-order valence-corrected chi connectivity index (χ4v) is 6.18. The number of non-ortho nitro benzene ring substituents is 1. The Bertz CT molecular complexity index is 1760. The first kappa shape index (κ1) is 27.2. The fraction of sp³-hybridized carbons (Fsp3) is 0.0645. The quantitative estimate of drug-likeness (QED) is 0.114. The minimum atomic E-state index is -0.976. The molecule has 1 aliphatic rings. The van der Waals surface area contributed by atoms with E-state index in [9.17, 15) is 20.0 Å². The molecule has 11 heteroatoms. The third kappa shape index (κ3) is 5.35. The van der Waals surface area contributed by atoms with Gasteiger partial charge in [0.2, 0.25) is 0 Å². The number of hydrogen-bond acceptors (Lipinski definition) is 6. The zero-order valence-electron chi connectivity index (χ0n) is 21.9. The van der Waals surface area contributed by atoms with Crippen LogP contribution >= 0.6 is 24.0 Å². The lowest BCUT2D eigenvalue weighted by Crippen LogP contribution is -2.30. The Labute approximate surface area is 250 Å². The van der Waals surface area contributed by atoms with Gasteiger partial charge in [-0.15, -0.1) is 0 Å². The summed E-state index contributed by atoms with van der Waals surface area (Å²) in [5, 5.41) is 24.4. The monoisotopic (exact) mass is 593 g/mol. The molecule has 6 rings (SSSR count). The summed E-state index contributed by atoms with van der Waals surface area (Å²) < 4.78 is 2.04. The molecule has 2 N–H and O–H groups in total. The highest BCUT2D eigenvalue weighted by atomic mass is 32.2. The van der Waals surface area contributed by atoms with E-state index in [0.717, 1.165) is 32.6 Å². The van der Waals surface area contributed by atoms with E-state index in [-0.39, 0.29) is 23.3 Å². The fourth-order valence-electron chi connectivity index (χ4n) is 5.02. The third-order valence-corrected chi connectivity index (χ3v) is 8.30. The Morgan fingerprint density at radius 2 is 1.57 bits per heavy atom. The molecule has 0 saturated carbocycles. The van der Waals surface area contributed by atoms with Gasteiger partial charge in [-0.1, -0.05) is 17.8 Å². The van der Waals surface area contributed by atoms with Gasteiger partial charge in [-0.25, -0.2) is 4.79 Å². The first-order valence-corrected chi connectivity index (χ1v) is 14.2. The molecule has 0 amide bonds. The van der Waals surface area contributed by atoms with Crippen molar-refractivity contribution in [2.24, 2.45) is 0 Å². The maximum absolute atomic E-state index is 11.4. The maximum atomic E-state index is 11.4. The molecule has 1 aliphatic heterocycles. The van der Waals surface area contributed by atoms with Gasteiger partial charge in [0, 0.05) is 51.4 Å². The number of pyridine rings is 1. The summed E-state index contributed by atoms with van der Waals surface area (Å²) in [6.07, 6.45) is 3.71. The number of thiocarbonyl (C=S) groups is 1. The minimum absolute atomic E-state index is 0.0563. The highest BCUT2D eigenvalue weighted by molar-refractivity contribution is 7.99. The van der Waals surface area contributed by atoms with Crippen LogP contribution in [0.25, 0.3) is 5.69 Å². The van der Waals surface area contributed by atoms with E-state index in [1.54, 1.807) is 42.6 Å². The zero-order chi connectivity index (χ0) is 29.2. The van der Waals surface area contributed by atoms with Crippen LogP contribution in [0.3, 0.4) is 0 Å². The number of carbonyl (C=O) groups is 1. The van der Waals surface area contributed by atoms with Crippen molar-refractivity contribution in [3.05, 3.63) is 143 Å². The Hall–Kier alpha value is -5.00. The summed E-state index contributed by atoms with van der Waals surface area (Å²) in [5.41, 5.74) is 3.78. The molecule has 0 aliphatic carbocycles. The van der Waals surface area contributed by atoms with Crippen LogP contribution in [0.4, 0.5) is 11.4 Å². The number of anilines is 1. The smallest absolute Gasteiger partial charge is 0.335 e. The molecule has 1 saturated heterocycles. The average Bonchev–Trinajstić information content (AvgIpc) is 3.63. The molecular formula is C31H23N5O4S2. The van der Waals surface area contributed by atoms with E-state index < -0.39 is 10.9 Å². The van der Waals surface area contributed by atoms with Crippen LogP contribution in [0.15, 0.2) is 125 Å². The number of benzene rings is 3. The summed E-state index contributed by atoms with van der Waals surface area (Å²) in [5.74, 6) is -0.976. The van der Waals surface area contributed by atoms with Crippen LogP contribution in [-0.2, 0) is 0 Å². The van der Waals surface area contributed by atoms with Crippen LogP contribution in [0.2, 0.25) is 0 Å². The lowest BCUT2D eigenvalue weighted by Gasteiger charge is -2.29. The number of nitro groups is 1. The number of carboxylic acids is 1. The number of rotatable bonds is 8. The summed E-state index contributed by atoms with van der Waals surface area (Å²) in [6, 6.07) is 30.5. The van der Waals surface area contributed by atoms with Gasteiger partial charge in [-0.3, -0.25) is 15.1 Å². The number of hydrogen-bond donors (Lipinski definition) is 2. The average molecular weight is 594 g/mol. The Balaban J connectivity index is 1.35. The van der Waals surface area contributed by atoms with Crippen molar-refractivity contribution in [2.75, 3.05) is 4.90 Å². The zero-order valence-corrected chi connectivity index (χ0v) is 23.5. The Morgan fingerprint density at radius 1 is 0.905 bits per heavy atom. The van der Waals surface area contributed by atoms with Crippen molar-refractivity contribution in [3.63, 3.8) is 0 Å². The van der Waals surface area contributed by atoms with Gasteiger partial charge in [0.15, 0.2) is 5.11 Å². The van der Waals surface area contributed by atoms with Crippen molar-refractivity contribution in [1.82, 2.24) is 14.9 Å².